The smallest absolute Gasteiger partial charge is 0.237 e. The summed E-state index contributed by atoms with van der Waals surface area (Å²) in [7, 11) is 0. The maximum atomic E-state index is 12.5. The third-order valence-corrected chi connectivity index (χ3v) is 6.65. The van der Waals surface area contributed by atoms with Gasteiger partial charge in [0.25, 0.3) is 0 Å². The van der Waals surface area contributed by atoms with Crippen LogP contribution in [0.1, 0.15) is 34.9 Å². The maximum absolute atomic E-state index is 12.5. The van der Waals surface area contributed by atoms with Crippen LogP contribution < -0.4 is 10.6 Å². The van der Waals surface area contributed by atoms with Crippen molar-refractivity contribution in [1.29, 1.82) is 0 Å². The minimum Gasteiger partial charge on any atom is -0.353 e. The topological polar surface area (TPSA) is 44.4 Å². The van der Waals surface area contributed by atoms with Crippen LogP contribution in [-0.4, -0.2) is 36.5 Å². The van der Waals surface area contributed by atoms with E-state index >= 15 is 0 Å². The number of nitrogens with one attached hydrogen (secondary N) is 2. The standard InChI is InChI=1S/C20H24ClN3OS/c21-16-5-3-14(4-6-16)18(12-23-20(25)17-2-1-9-22-17)24-10-7-19-15(13-24)8-11-26-19/h3-6,8,11,17-18,22H,1-2,7,9-10,12-13H2,(H,23,25). The van der Waals surface area contributed by atoms with Crippen LogP contribution in [0.25, 0.3) is 0 Å². The molecule has 2 aliphatic rings. The van der Waals surface area contributed by atoms with Gasteiger partial charge in [-0.1, -0.05) is 23.7 Å². The van der Waals surface area contributed by atoms with Crippen LogP contribution >= 0.6 is 22.9 Å². The van der Waals surface area contributed by atoms with E-state index in [1.165, 1.54) is 16.0 Å². The van der Waals surface area contributed by atoms with E-state index in [2.05, 4.69) is 39.1 Å². The molecule has 138 valence electrons. The van der Waals surface area contributed by atoms with E-state index in [1.54, 1.807) is 0 Å². The molecule has 4 rings (SSSR count). The Balaban J connectivity index is 1.50. The molecule has 1 aromatic heterocycles. The van der Waals surface area contributed by atoms with Crippen LogP contribution in [0.3, 0.4) is 0 Å². The van der Waals surface area contributed by atoms with E-state index in [0.717, 1.165) is 43.9 Å². The third kappa shape index (κ3) is 3.96. The lowest BCUT2D eigenvalue weighted by Gasteiger charge is -2.35. The summed E-state index contributed by atoms with van der Waals surface area (Å²) >= 11 is 7.93. The fraction of sp³-hybridized carbons (Fsp3) is 0.450. The number of benzene rings is 1. The SMILES string of the molecule is O=C(NCC(c1ccc(Cl)cc1)N1CCc2sccc2C1)C1CCCN1. The van der Waals surface area contributed by atoms with Crippen molar-refractivity contribution in [2.24, 2.45) is 0 Å². The molecule has 2 N–H and O–H groups in total. The molecule has 1 amide bonds. The van der Waals surface area contributed by atoms with Crippen molar-refractivity contribution in [3.63, 3.8) is 0 Å². The van der Waals surface area contributed by atoms with E-state index in [0.29, 0.717) is 6.54 Å². The van der Waals surface area contributed by atoms with Gasteiger partial charge in [0.05, 0.1) is 12.1 Å². The lowest BCUT2D eigenvalue weighted by atomic mass is 10.0. The first-order chi connectivity index (χ1) is 12.7. The Bertz CT molecular complexity index is 755. The molecule has 0 spiro atoms. The molecule has 0 aliphatic carbocycles. The molecule has 1 saturated heterocycles. The van der Waals surface area contributed by atoms with E-state index in [-0.39, 0.29) is 18.0 Å². The zero-order valence-electron chi connectivity index (χ0n) is 14.7. The highest BCUT2D eigenvalue weighted by molar-refractivity contribution is 7.10. The third-order valence-electron chi connectivity index (χ3n) is 5.38. The Kier molecular flexibility index (Phi) is 5.60. The van der Waals surface area contributed by atoms with Crippen molar-refractivity contribution >= 4 is 28.8 Å². The average Bonchev–Trinajstić information content (AvgIpc) is 3.34. The van der Waals surface area contributed by atoms with Gasteiger partial charge in [0, 0.05) is 29.5 Å². The van der Waals surface area contributed by atoms with Gasteiger partial charge in [-0.05, 0) is 60.5 Å². The summed E-state index contributed by atoms with van der Waals surface area (Å²) in [5.41, 5.74) is 2.62. The van der Waals surface area contributed by atoms with Crippen LogP contribution in [0, 0.1) is 0 Å². The second-order valence-electron chi connectivity index (χ2n) is 7.05. The van der Waals surface area contributed by atoms with Gasteiger partial charge in [-0.25, -0.2) is 0 Å². The largest absolute Gasteiger partial charge is 0.353 e. The number of carbonyl (C=O) groups is 1. The summed E-state index contributed by atoms with van der Waals surface area (Å²) in [4.78, 5) is 16.4. The highest BCUT2D eigenvalue weighted by atomic mass is 35.5. The predicted octanol–water partition coefficient (Wildman–Crippen LogP) is 3.37. The number of hydrogen-bond acceptors (Lipinski definition) is 4. The van der Waals surface area contributed by atoms with Gasteiger partial charge in [0.1, 0.15) is 0 Å². The predicted molar refractivity (Wildman–Crippen MR) is 107 cm³/mol. The Labute approximate surface area is 163 Å². The number of nitrogens with zero attached hydrogens (tertiary/aromatic N) is 1. The van der Waals surface area contributed by atoms with E-state index in [9.17, 15) is 4.79 Å². The first-order valence-corrected chi connectivity index (χ1v) is 10.5. The van der Waals surface area contributed by atoms with E-state index in [1.807, 2.05) is 23.5 Å². The molecule has 1 aromatic carbocycles. The second kappa shape index (κ2) is 8.09. The number of fused-ring (bicyclic) bond motifs is 1. The number of halogens is 1. The normalized spacial score (nSPS) is 21.3. The van der Waals surface area contributed by atoms with Gasteiger partial charge in [-0.3, -0.25) is 9.69 Å². The molecule has 2 unspecified atom stereocenters. The zero-order valence-corrected chi connectivity index (χ0v) is 16.3. The van der Waals surface area contributed by atoms with E-state index < -0.39 is 0 Å². The molecule has 2 atom stereocenters. The average molecular weight is 390 g/mol. The van der Waals surface area contributed by atoms with Crippen LogP contribution in [0.5, 0.6) is 0 Å². The van der Waals surface area contributed by atoms with Gasteiger partial charge < -0.3 is 10.6 Å². The zero-order chi connectivity index (χ0) is 17.9. The lowest BCUT2D eigenvalue weighted by Crippen LogP contribution is -2.45. The fourth-order valence-corrected chi connectivity index (χ4v) is 4.92. The van der Waals surface area contributed by atoms with Gasteiger partial charge >= 0.3 is 0 Å². The van der Waals surface area contributed by atoms with Crippen molar-refractivity contribution in [1.82, 2.24) is 15.5 Å². The Morgan fingerprint density at radius 3 is 2.96 bits per heavy atom. The molecule has 3 heterocycles. The molecule has 26 heavy (non-hydrogen) atoms. The van der Waals surface area contributed by atoms with Crippen LogP contribution in [0.4, 0.5) is 0 Å². The monoisotopic (exact) mass is 389 g/mol. The lowest BCUT2D eigenvalue weighted by molar-refractivity contribution is -0.123. The van der Waals surface area contributed by atoms with Crippen LogP contribution in [0.2, 0.25) is 5.02 Å². The van der Waals surface area contributed by atoms with Gasteiger partial charge in [-0.15, -0.1) is 11.3 Å². The Morgan fingerprint density at radius 1 is 1.35 bits per heavy atom. The molecule has 0 bridgehead atoms. The molecule has 4 nitrogen and oxygen atoms in total. The number of hydrogen-bond donors (Lipinski definition) is 2. The number of carbonyl (C=O) groups excluding carboxylic acids is 1. The summed E-state index contributed by atoms with van der Waals surface area (Å²) in [5.74, 6) is 0.120. The van der Waals surface area contributed by atoms with Crippen molar-refractivity contribution in [2.75, 3.05) is 19.6 Å². The van der Waals surface area contributed by atoms with Gasteiger partial charge in [0.2, 0.25) is 5.91 Å². The Hall–Kier alpha value is -1.40. The first kappa shape index (κ1) is 18.0. The summed E-state index contributed by atoms with van der Waals surface area (Å²) in [6.45, 7) is 3.51. The van der Waals surface area contributed by atoms with Crippen molar-refractivity contribution in [3.05, 3.63) is 56.7 Å². The summed E-state index contributed by atoms with van der Waals surface area (Å²) in [6, 6.07) is 10.4. The first-order valence-electron chi connectivity index (χ1n) is 9.26. The Morgan fingerprint density at radius 2 is 2.19 bits per heavy atom. The number of rotatable bonds is 5. The minimum absolute atomic E-state index is 0.0364. The molecule has 0 radical (unpaired) electrons. The van der Waals surface area contributed by atoms with Crippen molar-refractivity contribution < 1.29 is 4.79 Å². The summed E-state index contributed by atoms with van der Waals surface area (Å²) in [6.07, 6.45) is 3.08. The maximum Gasteiger partial charge on any atom is 0.237 e. The quantitative estimate of drug-likeness (QED) is 0.824. The highest BCUT2D eigenvalue weighted by Crippen LogP contribution is 2.30. The van der Waals surface area contributed by atoms with E-state index in [4.69, 9.17) is 11.6 Å². The molecular weight excluding hydrogens is 366 g/mol. The molecule has 2 aromatic rings. The van der Waals surface area contributed by atoms with Crippen molar-refractivity contribution in [2.45, 2.75) is 37.9 Å². The summed E-state index contributed by atoms with van der Waals surface area (Å²) in [5, 5.41) is 9.37. The number of amides is 1. The fourth-order valence-electron chi connectivity index (χ4n) is 3.91. The summed E-state index contributed by atoms with van der Waals surface area (Å²) < 4.78 is 0. The van der Waals surface area contributed by atoms with Gasteiger partial charge in [0.15, 0.2) is 0 Å². The number of thiophene rings is 1. The molecular formula is C20H24ClN3OS. The molecule has 2 aliphatic heterocycles. The second-order valence-corrected chi connectivity index (χ2v) is 8.49. The highest BCUT2D eigenvalue weighted by Gasteiger charge is 2.28. The van der Waals surface area contributed by atoms with Crippen LogP contribution in [0.15, 0.2) is 35.7 Å². The minimum atomic E-state index is -0.0364. The van der Waals surface area contributed by atoms with Crippen molar-refractivity contribution in [3.8, 4) is 0 Å². The molecule has 0 saturated carbocycles. The molecule has 1 fully saturated rings. The molecule has 6 heteroatoms. The van der Waals surface area contributed by atoms with Gasteiger partial charge in [-0.2, -0.15) is 0 Å². The van der Waals surface area contributed by atoms with Crippen LogP contribution in [-0.2, 0) is 17.8 Å².